The van der Waals surface area contributed by atoms with Gasteiger partial charge >= 0.3 is 5.97 Å². The Morgan fingerprint density at radius 3 is 2.03 bits per heavy atom. The molecule has 0 saturated heterocycles. The summed E-state index contributed by atoms with van der Waals surface area (Å²) in [5.41, 5.74) is 0.958. The maximum Gasteiger partial charge on any atom is 0.303 e. The fraction of sp³-hybridized carbons (Fsp3) is 0.607. The van der Waals surface area contributed by atoms with Crippen molar-refractivity contribution in [3.05, 3.63) is 60.2 Å². The van der Waals surface area contributed by atoms with Crippen LogP contribution in [0.1, 0.15) is 103 Å². The van der Waals surface area contributed by atoms with Gasteiger partial charge in [0.1, 0.15) is 0 Å². The fourth-order valence-electron chi connectivity index (χ4n) is 3.18. The van der Waals surface area contributed by atoms with Crippen molar-refractivity contribution in [2.75, 3.05) is 7.05 Å². The average molecular weight is 446 g/mol. The Morgan fingerprint density at radius 1 is 0.906 bits per heavy atom. The van der Waals surface area contributed by atoms with E-state index in [1.165, 1.54) is 44.9 Å². The second-order valence-electron chi connectivity index (χ2n) is 8.31. The van der Waals surface area contributed by atoms with E-state index in [2.05, 4.69) is 36.5 Å². The molecule has 1 aromatic carbocycles. The van der Waals surface area contributed by atoms with Gasteiger partial charge in [-0.05, 0) is 58.1 Å². The monoisotopic (exact) mass is 445 g/mol. The van der Waals surface area contributed by atoms with Gasteiger partial charge in [-0.2, -0.15) is 0 Å². The lowest BCUT2D eigenvalue weighted by atomic mass is 10.0. The zero-order chi connectivity index (χ0) is 23.9. The standard InChI is InChI=1S/C18H32O2.C10H15NO/c1-2-3-4-5-6-7-8-9-10-11-12-13-14-15-16-17-18(19)20;1-8(11-2)10(12)9-6-4-3-5-7-9/h6-7,9-10H,2-5,8,11-17H2,1H3,(H,19,20);3-8,10-12H,1-2H3/b7-6-,10-9-;/t;8-,10-/m.0/s1. The molecule has 32 heavy (non-hydrogen) atoms. The highest BCUT2D eigenvalue weighted by atomic mass is 16.4. The van der Waals surface area contributed by atoms with E-state index in [1.807, 2.05) is 44.3 Å². The number of carboxylic acids is 1. The normalized spacial score (nSPS) is 13.1. The Balaban J connectivity index is 0.000000677. The minimum Gasteiger partial charge on any atom is -0.481 e. The first-order valence-electron chi connectivity index (χ1n) is 12.4. The number of hydrogen-bond donors (Lipinski definition) is 3. The molecule has 0 saturated carbocycles. The predicted octanol–water partition coefficient (Wildman–Crippen LogP) is 7.21. The summed E-state index contributed by atoms with van der Waals surface area (Å²) in [4.78, 5) is 10.3. The van der Waals surface area contributed by atoms with Crippen molar-refractivity contribution in [3.8, 4) is 0 Å². The third-order valence-corrected chi connectivity index (χ3v) is 5.41. The Kier molecular flexibility index (Phi) is 21.0. The first-order valence-corrected chi connectivity index (χ1v) is 12.4. The summed E-state index contributed by atoms with van der Waals surface area (Å²) in [5, 5.41) is 21.2. The molecule has 0 spiro atoms. The largest absolute Gasteiger partial charge is 0.481 e. The Labute approximate surface area is 196 Å². The number of aliphatic carboxylic acids is 1. The molecule has 4 nitrogen and oxygen atoms in total. The second kappa shape index (κ2) is 22.3. The number of likely N-dealkylation sites (N-methyl/N-ethyl adjacent to an activating group) is 1. The number of carbonyl (C=O) groups is 1. The Hall–Kier alpha value is -1.91. The van der Waals surface area contributed by atoms with Crippen molar-refractivity contribution in [2.45, 2.75) is 103 Å². The van der Waals surface area contributed by atoms with Crippen molar-refractivity contribution in [1.82, 2.24) is 5.32 Å². The molecule has 0 aliphatic rings. The summed E-state index contributed by atoms with van der Waals surface area (Å²) in [6.45, 7) is 4.19. The summed E-state index contributed by atoms with van der Waals surface area (Å²) in [7, 11) is 1.84. The molecule has 0 heterocycles. The van der Waals surface area contributed by atoms with Crippen molar-refractivity contribution in [2.24, 2.45) is 0 Å². The maximum absolute atomic E-state index is 10.3. The molecule has 0 aromatic heterocycles. The highest BCUT2D eigenvalue weighted by Gasteiger charge is 2.12. The van der Waals surface area contributed by atoms with Gasteiger partial charge in [0.25, 0.3) is 0 Å². The first-order chi connectivity index (χ1) is 15.5. The third-order valence-electron chi connectivity index (χ3n) is 5.41. The molecule has 4 heteroatoms. The van der Waals surface area contributed by atoms with Gasteiger partial charge in [-0.15, -0.1) is 0 Å². The zero-order valence-electron chi connectivity index (χ0n) is 20.6. The average Bonchev–Trinajstić information content (AvgIpc) is 2.81. The molecule has 1 aromatic rings. The molecule has 182 valence electrons. The SMILES string of the molecule is CCCCC/C=C\C/C=C\CCCCCCCC(=O)O.CN[C@@H](C)[C@H](O)c1ccccc1. The molecular formula is C28H47NO3. The molecule has 2 atom stereocenters. The number of aliphatic hydroxyl groups excluding tert-OH is 1. The molecule has 3 N–H and O–H groups in total. The summed E-state index contributed by atoms with van der Waals surface area (Å²) in [6.07, 6.45) is 21.9. The first kappa shape index (κ1) is 30.1. The van der Waals surface area contributed by atoms with Crippen molar-refractivity contribution < 1.29 is 15.0 Å². The van der Waals surface area contributed by atoms with Crippen LogP contribution in [-0.2, 0) is 4.79 Å². The maximum atomic E-state index is 10.3. The van der Waals surface area contributed by atoms with E-state index in [9.17, 15) is 9.90 Å². The lowest BCUT2D eigenvalue weighted by Crippen LogP contribution is -2.28. The molecule has 1 rings (SSSR count). The number of aliphatic hydroxyl groups is 1. The second-order valence-corrected chi connectivity index (χ2v) is 8.31. The van der Waals surface area contributed by atoms with E-state index in [0.717, 1.165) is 31.2 Å². The number of allylic oxidation sites excluding steroid dienone is 4. The molecule has 0 bridgehead atoms. The number of carboxylic acid groups (broad SMARTS) is 1. The van der Waals surface area contributed by atoms with Gasteiger partial charge in [-0.1, -0.05) is 93.7 Å². The van der Waals surface area contributed by atoms with E-state index in [0.29, 0.717) is 6.42 Å². The molecule has 0 radical (unpaired) electrons. The Morgan fingerprint density at radius 2 is 1.47 bits per heavy atom. The minimum absolute atomic E-state index is 0.0902. The van der Waals surface area contributed by atoms with Crippen LogP contribution in [0.5, 0.6) is 0 Å². The van der Waals surface area contributed by atoms with E-state index in [1.54, 1.807) is 0 Å². The van der Waals surface area contributed by atoms with E-state index < -0.39 is 12.1 Å². The quantitative estimate of drug-likeness (QED) is 0.175. The summed E-state index contributed by atoms with van der Waals surface area (Å²) in [5.74, 6) is -0.671. The van der Waals surface area contributed by atoms with E-state index in [-0.39, 0.29) is 6.04 Å². The number of benzene rings is 1. The van der Waals surface area contributed by atoms with Crippen LogP contribution in [-0.4, -0.2) is 29.3 Å². The van der Waals surface area contributed by atoms with Crippen LogP contribution in [0.3, 0.4) is 0 Å². The van der Waals surface area contributed by atoms with Gasteiger partial charge in [0.2, 0.25) is 0 Å². The van der Waals surface area contributed by atoms with Crippen LogP contribution >= 0.6 is 0 Å². The third kappa shape index (κ3) is 18.8. The van der Waals surface area contributed by atoms with Gasteiger partial charge in [0.15, 0.2) is 0 Å². The summed E-state index contributed by atoms with van der Waals surface area (Å²) >= 11 is 0. The zero-order valence-corrected chi connectivity index (χ0v) is 20.6. The van der Waals surface area contributed by atoms with Crippen LogP contribution in [0.25, 0.3) is 0 Å². The van der Waals surface area contributed by atoms with Crippen molar-refractivity contribution >= 4 is 5.97 Å². The number of unbranched alkanes of at least 4 members (excludes halogenated alkanes) is 8. The predicted molar refractivity (Wildman–Crippen MR) is 137 cm³/mol. The molecule has 0 fully saturated rings. The van der Waals surface area contributed by atoms with Crippen molar-refractivity contribution in [3.63, 3.8) is 0 Å². The molecule has 0 aliphatic carbocycles. The van der Waals surface area contributed by atoms with Gasteiger partial charge in [-0.25, -0.2) is 0 Å². The van der Waals surface area contributed by atoms with Gasteiger partial charge in [-0.3, -0.25) is 4.79 Å². The number of nitrogens with one attached hydrogen (secondary N) is 1. The van der Waals surface area contributed by atoms with Gasteiger partial charge < -0.3 is 15.5 Å². The molecule has 0 aliphatic heterocycles. The van der Waals surface area contributed by atoms with Gasteiger partial charge in [0.05, 0.1) is 6.10 Å². The van der Waals surface area contributed by atoms with E-state index >= 15 is 0 Å². The topological polar surface area (TPSA) is 69.6 Å². The van der Waals surface area contributed by atoms with Gasteiger partial charge in [0, 0.05) is 12.5 Å². The summed E-state index contributed by atoms with van der Waals surface area (Å²) < 4.78 is 0. The highest BCUT2D eigenvalue weighted by molar-refractivity contribution is 5.66. The lowest BCUT2D eigenvalue weighted by molar-refractivity contribution is -0.137. The van der Waals surface area contributed by atoms with E-state index in [4.69, 9.17) is 5.11 Å². The molecule has 0 amide bonds. The van der Waals surface area contributed by atoms with Crippen LogP contribution in [0.15, 0.2) is 54.6 Å². The van der Waals surface area contributed by atoms with Crippen LogP contribution in [0, 0.1) is 0 Å². The van der Waals surface area contributed by atoms with Crippen LogP contribution in [0.4, 0.5) is 0 Å². The van der Waals surface area contributed by atoms with Crippen LogP contribution in [0.2, 0.25) is 0 Å². The molecular weight excluding hydrogens is 398 g/mol. The van der Waals surface area contributed by atoms with Crippen LogP contribution < -0.4 is 5.32 Å². The van der Waals surface area contributed by atoms with Crippen molar-refractivity contribution in [1.29, 1.82) is 0 Å². The Bertz CT molecular complexity index is 598. The fourth-order valence-corrected chi connectivity index (χ4v) is 3.18. The summed E-state index contributed by atoms with van der Waals surface area (Å²) in [6, 6.07) is 9.76. The lowest BCUT2D eigenvalue weighted by Gasteiger charge is -2.17. The number of rotatable bonds is 17. The number of hydrogen-bond acceptors (Lipinski definition) is 3. The smallest absolute Gasteiger partial charge is 0.303 e. The highest BCUT2D eigenvalue weighted by Crippen LogP contribution is 2.15. The minimum atomic E-state index is -0.671. The molecule has 0 unspecified atom stereocenters.